The maximum absolute atomic E-state index is 10.8. The maximum Gasteiger partial charge on any atom is 0.159 e. The molecule has 0 bridgehead atoms. The molecule has 0 saturated carbocycles. The zero-order chi connectivity index (χ0) is 7.40. The Kier molecular flexibility index (Phi) is 2.26. The molecule has 1 aliphatic heterocycles. The molecule has 0 spiro atoms. The van der Waals surface area contributed by atoms with Gasteiger partial charge in [-0.25, -0.2) is 0 Å². The van der Waals surface area contributed by atoms with Crippen LogP contribution >= 0.6 is 0 Å². The van der Waals surface area contributed by atoms with E-state index in [1.165, 1.54) is 0 Å². The molecule has 10 heavy (non-hydrogen) atoms. The van der Waals surface area contributed by atoms with E-state index in [-0.39, 0.29) is 5.78 Å². The molecule has 0 unspecified atom stereocenters. The summed E-state index contributed by atoms with van der Waals surface area (Å²) in [6.45, 7) is 2.70. The smallest absolute Gasteiger partial charge is 0.159 e. The Labute approximate surface area is 60.6 Å². The highest BCUT2D eigenvalue weighted by atomic mass is 16.1. The Morgan fingerprint density at radius 2 is 2.50 bits per heavy atom. The van der Waals surface area contributed by atoms with Crippen LogP contribution in [0.2, 0.25) is 0 Å². The van der Waals surface area contributed by atoms with E-state index in [4.69, 9.17) is 0 Å². The molecule has 0 aromatic heterocycles. The summed E-state index contributed by atoms with van der Waals surface area (Å²) in [5.74, 6) is 0.215. The van der Waals surface area contributed by atoms with Gasteiger partial charge in [-0.1, -0.05) is 6.08 Å². The maximum atomic E-state index is 10.8. The van der Waals surface area contributed by atoms with E-state index in [1.54, 1.807) is 6.08 Å². The Morgan fingerprint density at radius 1 is 1.70 bits per heavy atom. The summed E-state index contributed by atoms with van der Waals surface area (Å²) in [6, 6.07) is 0. The molecule has 0 aromatic rings. The fourth-order valence-corrected chi connectivity index (χ4v) is 0.913. The molecule has 1 N–H and O–H groups in total. The van der Waals surface area contributed by atoms with E-state index >= 15 is 0 Å². The summed E-state index contributed by atoms with van der Waals surface area (Å²) in [7, 11) is 0. The van der Waals surface area contributed by atoms with Gasteiger partial charge in [0.15, 0.2) is 5.78 Å². The first kappa shape index (κ1) is 7.06. The summed E-state index contributed by atoms with van der Waals surface area (Å²) in [6.07, 6.45) is 6.08. The first-order chi connectivity index (χ1) is 4.83. The van der Waals surface area contributed by atoms with Gasteiger partial charge in [0.05, 0.1) is 0 Å². The van der Waals surface area contributed by atoms with Gasteiger partial charge in [-0.05, 0) is 13.0 Å². The molecule has 2 nitrogen and oxygen atoms in total. The normalized spacial score (nSPS) is 18.9. The molecule has 0 atom stereocenters. The van der Waals surface area contributed by atoms with Crippen LogP contribution in [0, 0.1) is 0 Å². The topological polar surface area (TPSA) is 29.1 Å². The van der Waals surface area contributed by atoms with Gasteiger partial charge in [0.25, 0.3) is 0 Å². The molecule has 0 aliphatic carbocycles. The highest BCUT2D eigenvalue weighted by Gasteiger charge is 2.04. The van der Waals surface area contributed by atoms with Crippen molar-refractivity contribution in [2.75, 3.05) is 6.54 Å². The van der Waals surface area contributed by atoms with Crippen LogP contribution in [0.4, 0.5) is 0 Å². The fourth-order valence-electron chi connectivity index (χ4n) is 0.913. The van der Waals surface area contributed by atoms with Gasteiger partial charge >= 0.3 is 0 Å². The van der Waals surface area contributed by atoms with Crippen LogP contribution in [0.15, 0.2) is 23.9 Å². The molecule has 0 fully saturated rings. The molecule has 0 aromatic carbocycles. The van der Waals surface area contributed by atoms with Crippen LogP contribution in [-0.2, 0) is 4.79 Å². The Bertz CT molecular complexity index is 191. The Morgan fingerprint density at radius 3 is 3.10 bits per heavy atom. The van der Waals surface area contributed by atoms with Crippen molar-refractivity contribution in [3.05, 3.63) is 23.9 Å². The van der Waals surface area contributed by atoms with Gasteiger partial charge in [-0.15, -0.1) is 0 Å². The van der Waals surface area contributed by atoms with Crippen molar-refractivity contribution in [1.82, 2.24) is 5.32 Å². The van der Waals surface area contributed by atoms with Gasteiger partial charge in [-0.3, -0.25) is 4.79 Å². The molecule has 0 saturated heterocycles. The van der Waals surface area contributed by atoms with Gasteiger partial charge in [-0.2, -0.15) is 0 Å². The van der Waals surface area contributed by atoms with Crippen LogP contribution in [0.1, 0.15) is 13.3 Å². The van der Waals surface area contributed by atoms with Crippen molar-refractivity contribution in [1.29, 1.82) is 0 Å². The van der Waals surface area contributed by atoms with E-state index < -0.39 is 0 Å². The molecule has 2 heteroatoms. The lowest BCUT2D eigenvalue weighted by Gasteiger charge is -2.10. The summed E-state index contributed by atoms with van der Waals surface area (Å²) in [5.41, 5.74) is 0.929. The van der Waals surface area contributed by atoms with E-state index in [0.717, 1.165) is 12.2 Å². The van der Waals surface area contributed by atoms with E-state index in [2.05, 4.69) is 5.32 Å². The van der Waals surface area contributed by atoms with Crippen molar-refractivity contribution in [3.8, 4) is 0 Å². The molecule has 0 radical (unpaired) electrons. The van der Waals surface area contributed by atoms with Gasteiger partial charge in [0, 0.05) is 24.7 Å². The van der Waals surface area contributed by atoms with Crippen molar-refractivity contribution in [3.63, 3.8) is 0 Å². The van der Waals surface area contributed by atoms with Crippen LogP contribution in [-0.4, -0.2) is 12.3 Å². The quantitative estimate of drug-likeness (QED) is 0.584. The predicted octanol–water partition coefficient (Wildman–Crippen LogP) is 1.01. The van der Waals surface area contributed by atoms with E-state index in [0.29, 0.717) is 6.42 Å². The van der Waals surface area contributed by atoms with Gasteiger partial charge in [0.1, 0.15) is 0 Å². The van der Waals surface area contributed by atoms with Crippen LogP contribution in [0.25, 0.3) is 0 Å². The minimum Gasteiger partial charge on any atom is -0.384 e. The minimum absolute atomic E-state index is 0.215. The van der Waals surface area contributed by atoms with Gasteiger partial charge in [0.2, 0.25) is 0 Å². The molecule has 1 rings (SSSR count). The van der Waals surface area contributed by atoms with Crippen molar-refractivity contribution < 1.29 is 4.79 Å². The van der Waals surface area contributed by atoms with Crippen LogP contribution in [0.5, 0.6) is 0 Å². The van der Waals surface area contributed by atoms with Crippen LogP contribution < -0.4 is 5.32 Å². The van der Waals surface area contributed by atoms with Gasteiger partial charge < -0.3 is 5.32 Å². The first-order valence-electron chi connectivity index (χ1n) is 3.44. The number of carbonyl (C=O) groups is 1. The molecular formula is C8H11NO. The van der Waals surface area contributed by atoms with Crippen molar-refractivity contribution in [2.24, 2.45) is 0 Å². The highest BCUT2D eigenvalue weighted by molar-refractivity contribution is 5.91. The summed E-state index contributed by atoms with van der Waals surface area (Å²) >= 11 is 0. The molecule has 1 heterocycles. The number of ketones is 1. The number of nitrogens with one attached hydrogen (secondary N) is 1. The third-order valence-corrected chi connectivity index (χ3v) is 1.36. The molecular weight excluding hydrogens is 126 g/mol. The lowest BCUT2D eigenvalue weighted by atomic mass is 10.1. The first-order valence-corrected chi connectivity index (χ1v) is 3.44. The highest BCUT2D eigenvalue weighted by Crippen LogP contribution is 2.00. The summed E-state index contributed by atoms with van der Waals surface area (Å²) in [4.78, 5) is 10.8. The minimum atomic E-state index is 0.215. The third kappa shape index (κ3) is 1.72. The third-order valence-electron chi connectivity index (χ3n) is 1.36. The van der Waals surface area contributed by atoms with Crippen molar-refractivity contribution >= 4 is 5.78 Å². The predicted molar refractivity (Wildman–Crippen MR) is 40.5 cm³/mol. The molecule has 54 valence electrons. The largest absolute Gasteiger partial charge is 0.384 e. The SMILES string of the molecule is CC=CC1=CC(=O)CCN1. The monoisotopic (exact) mass is 137 g/mol. The average molecular weight is 137 g/mol. The fraction of sp³-hybridized carbons (Fsp3) is 0.375. The number of carbonyl (C=O) groups excluding carboxylic acids is 1. The van der Waals surface area contributed by atoms with Crippen molar-refractivity contribution in [2.45, 2.75) is 13.3 Å². The average Bonchev–Trinajstić information content (AvgIpc) is 1.88. The lowest BCUT2D eigenvalue weighted by molar-refractivity contribution is -0.114. The Balaban J connectivity index is 2.66. The summed E-state index contributed by atoms with van der Waals surface area (Å²) in [5, 5.41) is 3.10. The van der Waals surface area contributed by atoms with E-state index in [9.17, 15) is 4.79 Å². The molecule has 1 aliphatic rings. The number of hydrogen-bond acceptors (Lipinski definition) is 2. The number of hydrogen-bond donors (Lipinski definition) is 1. The second-order valence-electron chi connectivity index (χ2n) is 2.24. The number of rotatable bonds is 1. The summed E-state index contributed by atoms with van der Waals surface area (Å²) < 4.78 is 0. The lowest BCUT2D eigenvalue weighted by Crippen LogP contribution is -2.22. The second kappa shape index (κ2) is 3.20. The zero-order valence-electron chi connectivity index (χ0n) is 6.05. The van der Waals surface area contributed by atoms with Crippen LogP contribution in [0.3, 0.4) is 0 Å². The second-order valence-corrected chi connectivity index (χ2v) is 2.24. The zero-order valence-corrected chi connectivity index (χ0v) is 6.05. The number of allylic oxidation sites excluding steroid dienone is 3. The molecule has 0 amide bonds. The Hall–Kier alpha value is -1.05. The standard InChI is InChI=1S/C8H11NO/c1-2-3-7-6-8(10)4-5-9-7/h2-3,6,9H,4-5H2,1H3. The van der Waals surface area contributed by atoms with E-state index in [1.807, 2.05) is 19.1 Å².